The molecule has 0 atom stereocenters. The molecule has 2 aliphatic rings. The van der Waals surface area contributed by atoms with Crippen molar-refractivity contribution in [2.75, 3.05) is 13.2 Å². The van der Waals surface area contributed by atoms with Crippen molar-refractivity contribution < 1.29 is 14.3 Å². The molecule has 2 aromatic rings. The number of carbonyl (C=O) groups excluding carboxylic acids is 1. The van der Waals surface area contributed by atoms with E-state index in [-0.39, 0.29) is 5.91 Å². The summed E-state index contributed by atoms with van der Waals surface area (Å²) in [6.07, 6.45) is 5.84. The van der Waals surface area contributed by atoms with Gasteiger partial charge in [0.05, 0.1) is 0 Å². The Bertz CT molecular complexity index is 811. The van der Waals surface area contributed by atoms with Crippen molar-refractivity contribution in [2.45, 2.75) is 51.6 Å². The number of hydrogen-bond acceptors (Lipinski definition) is 3. The first-order chi connectivity index (χ1) is 13.2. The minimum Gasteiger partial charge on any atom is -0.486 e. The molecule has 1 fully saturated rings. The fraction of sp³-hybridized carbons (Fsp3) is 0.435. The lowest BCUT2D eigenvalue weighted by Gasteiger charge is -2.35. The third-order valence-corrected chi connectivity index (χ3v) is 5.67. The van der Waals surface area contributed by atoms with E-state index in [0.717, 1.165) is 18.6 Å². The Labute approximate surface area is 161 Å². The van der Waals surface area contributed by atoms with Crippen molar-refractivity contribution >= 4 is 5.91 Å². The van der Waals surface area contributed by atoms with E-state index in [2.05, 4.69) is 30.0 Å². The maximum atomic E-state index is 13.5. The van der Waals surface area contributed by atoms with E-state index in [1.807, 2.05) is 24.3 Å². The average Bonchev–Trinajstić information content (AvgIpc) is 2.73. The van der Waals surface area contributed by atoms with Crippen LogP contribution >= 0.6 is 0 Å². The highest BCUT2D eigenvalue weighted by Gasteiger charge is 2.27. The van der Waals surface area contributed by atoms with Crippen LogP contribution in [0.3, 0.4) is 0 Å². The molecule has 0 saturated heterocycles. The standard InChI is InChI=1S/C23H27NO3/c1-17-7-5-6-8-19(17)16-24(20-9-3-2-4-10-20)23(25)18-11-12-21-22(15-18)27-14-13-26-21/h5-8,11-12,15,20H,2-4,9-10,13-14,16H2,1H3. The molecule has 4 rings (SSSR count). The maximum Gasteiger partial charge on any atom is 0.254 e. The van der Waals surface area contributed by atoms with Crippen molar-refractivity contribution in [1.82, 2.24) is 4.90 Å². The highest BCUT2D eigenvalue weighted by Crippen LogP contribution is 2.32. The maximum absolute atomic E-state index is 13.5. The van der Waals surface area contributed by atoms with Crippen LogP contribution < -0.4 is 9.47 Å². The van der Waals surface area contributed by atoms with Crippen LogP contribution in [0.15, 0.2) is 42.5 Å². The zero-order valence-electron chi connectivity index (χ0n) is 15.9. The molecule has 1 amide bonds. The molecule has 0 aromatic heterocycles. The Kier molecular flexibility index (Phi) is 5.33. The second-order valence-electron chi connectivity index (χ2n) is 7.51. The summed E-state index contributed by atoms with van der Waals surface area (Å²) in [5.41, 5.74) is 3.13. The number of carbonyl (C=O) groups is 1. The Morgan fingerprint density at radius 2 is 1.74 bits per heavy atom. The zero-order chi connectivity index (χ0) is 18.6. The normalized spacial score (nSPS) is 16.8. The van der Waals surface area contributed by atoms with Gasteiger partial charge in [0.1, 0.15) is 13.2 Å². The topological polar surface area (TPSA) is 38.8 Å². The molecule has 4 heteroatoms. The highest BCUT2D eigenvalue weighted by molar-refractivity contribution is 5.95. The van der Waals surface area contributed by atoms with Gasteiger partial charge in [-0.25, -0.2) is 0 Å². The monoisotopic (exact) mass is 365 g/mol. The number of nitrogens with zero attached hydrogens (tertiary/aromatic N) is 1. The van der Waals surface area contributed by atoms with Gasteiger partial charge in [-0.2, -0.15) is 0 Å². The summed E-state index contributed by atoms with van der Waals surface area (Å²) in [5.74, 6) is 1.48. The summed E-state index contributed by atoms with van der Waals surface area (Å²) in [7, 11) is 0. The molecular formula is C23H27NO3. The molecule has 1 saturated carbocycles. The largest absolute Gasteiger partial charge is 0.486 e. The van der Waals surface area contributed by atoms with E-state index >= 15 is 0 Å². The van der Waals surface area contributed by atoms with Crippen molar-refractivity contribution in [3.63, 3.8) is 0 Å². The SMILES string of the molecule is Cc1ccccc1CN(C(=O)c1ccc2c(c1)OCCO2)C1CCCCC1. The van der Waals surface area contributed by atoms with Crippen LogP contribution in [0.2, 0.25) is 0 Å². The van der Waals surface area contributed by atoms with E-state index in [4.69, 9.17) is 9.47 Å². The number of rotatable bonds is 4. The summed E-state index contributed by atoms with van der Waals surface area (Å²) < 4.78 is 11.3. The summed E-state index contributed by atoms with van der Waals surface area (Å²) >= 11 is 0. The number of ether oxygens (including phenoxy) is 2. The zero-order valence-corrected chi connectivity index (χ0v) is 15.9. The second kappa shape index (κ2) is 8.03. The van der Waals surface area contributed by atoms with Gasteiger partial charge in [0.2, 0.25) is 0 Å². The summed E-state index contributed by atoms with van der Waals surface area (Å²) in [6, 6.07) is 14.2. The van der Waals surface area contributed by atoms with Crippen molar-refractivity contribution in [2.24, 2.45) is 0 Å². The lowest BCUT2D eigenvalue weighted by molar-refractivity contribution is 0.0613. The van der Waals surface area contributed by atoms with Gasteiger partial charge in [-0.3, -0.25) is 4.79 Å². The molecule has 27 heavy (non-hydrogen) atoms. The first-order valence-corrected chi connectivity index (χ1v) is 9.97. The average molecular weight is 365 g/mol. The van der Waals surface area contributed by atoms with E-state index < -0.39 is 0 Å². The Morgan fingerprint density at radius 1 is 1.00 bits per heavy atom. The number of fused-ring (bicyclic) bond motifs is 1. The number of hydrogen-bond donors (Lipinski definition) is 0. The Balaban J connectivity index is 1.63. The minimum absolute atomic E-state index is 0.0853. The van der Waals surface area contributed by atoms with Gasteiger partial charge >= 0.3 is 0 Å². The van der Waals surface area contributed by atoms with Gasteiger partial charge < -0.3 is 14.4 Å². The molecule has 142 valence electrons. The van der Waals surface area contributed by atoms with E-state index in [1.54, 1.807) is 0 Å². The van der Waals surface area contributed by atoms with Crippen LogP contribution in [0.1, 0.15) is 53.6 Å². The lowest BCUT2D eigenvalue weighted by Crippen LogP contribution is -2.41. The van der Waals surface area contributed by atoms with E-state index in [1.165, 1.54) is 30.4 Å². The molecule has 0 unspecified atom stereocenters. The first-order valence-electron chi connectivity index (χ1n) is 9.97. The van der Waals surface area contributed by atoms with Crippen molar-refractivity contribution in [3.8, 4) is 11.5 Å². The minimum atomic E-state index is 0.0853. The fourth-order valence-electron chi connectivity index (χ4n) is 4.07. The summed E-state index contributed by atoms with van der Waals surface area (Å²) in [5, 5.41) is 0. The predicted molar refractivity (Wildman–Crippen MR) is 105 cm³/mol. The van der Waals surface area contributed by atoms with Crippen LogP contribution in [0.5, 0.6) is 11.5 Å². The molecule has 0 N–H and O–H groups in total. The van der Waals surface area contributed by atoms with Gasteiger partial charge in [0.25, 0.3) is 5.91 Å². The third kappa shape index (κ3) is 3.95. The highest BCUT2D eigenvalue weighted by atomic mass is 16.6. The Hall–Kier alpha value is -2.49. The first kappa shape index (κ1) is 17.9. The molecular weight excluding hydrogens is 338 g/mol. The fourth-order valence-corrected chi connectivity index (χ4v) is 4.07. The Morgan fingerprint density at radius 3 is 2.52 bits per heavy atom. The predicted octanol–water partition coefficient (Wildman–Crippen LogP) is 4.74. The summed E-state index contributed by atoms with van der Waals surface area (Å²) in [6.45, 7) is 3.86. The smallest absolute Gasteiger partial charge is 0.254 e. The van der Waals surface area contributed by atoms with Crippen LogP contribution in [0, 0.1) is 6.92 Å². The summed E-state index contributed by atoms with van der Waals surface area (Å²) in [4.78, 5) is 15.6. The second-order valence-corrected chi connectivity index (χ2v) is 7.51. The van der Waals surface area contributed by atoms with Gasteiger partial charge in [0.15, 0.2) is 11.5 Å². The van der Waals surface area contributed by atoms with Gasteiger partial charge in [-0.15, -0.1) is 0 Å². The number of aryl methyl sites for hydroxylation is 1. The lowest BCUT2D eigenvalue weighted by atomic mass is 9.93. The number of amides is 1. The molecule has 0 spiro atoms. The molecule has 1 heterocycles. The molecule has 0 bridgehead atoms. The molecule has 4 nitrogen and oxygen atoms in total. The molecule has 1 aliphatic carbocycles. The van der Waals surface area contributed by atoms with Crippen molar-refractivity contribution in [1.29, 1.82) is 0 Å². The van der Waals surface area contributed by atoms with Crippen LogP contribution in [-0.4, -0.2) is 30.1 Å². The van der Waals surface area contributed by atoms with Gasteiger partial charge in [-0.1, -0.05) is 43.5 Å². The van der Waals surface area contributed by atoms with Crippen LogP contribution in [0.25, 0.3) is 0 Å². The quantitative estimate of drug-likeness (QED) is 0.785. The van der Waals surface area contributed by atoms with Crippen molar-refractivity contribution in [3.05, 3.63) is 59.2 Å². The third-order valence-electron chi connectivity index (χ3n) is 5.67. The van der Waals surface area contributed by atoms with Gasteiger partial charge in [-0.05, 0) is 49.1 Å². The van der Waals surface area contributed by atoms with Gasteiger partial charge in [0, 0.05) is 18.2 Å². The molecule has 0 radical (unpaired) electrons. The van der Waals surface area contributed by atoms with E-state index in [0.29, 0.717) is 37.1 Å². The van der Waals surface area contributed by atoms with Crippen LogP contribution in [0.4, 0.5) is 0 Å². The van der Waals surface area contributed by atoms with E-state index in [9.17, 15) is 4.79 Å². The molecule has 2 aromatic carbocycles. The number of benzene rings is 2. The van der Waals surface area contributed by atoms with Crippen LogP contribution in [-0.2, 0) is 6.54 Å². The molecule has 1 aliphatic heterocycles.